The van der Waals surface area contributed by atoms with Gasteiger partial charge in [0.05, 0.1) is 12.7 Å². The number of ether oxygens (including phenoxy) is 1. The lowest BCUT2D eigenvalue weighted by Gasteiger charge is -2.17. The molecule has 0 heterocycles. The number of hydrogen-bond acceptors (Lipinski definition) is 3. The Balaban J connectivity index is 0.00000392. The molecule has 5 nitrogen and oxygen atoms in total. The first-order valence-corrected chi connectivity index (χ1v) is 9.01. The Morgan fingerprint density at radius 1 is 1.11 bits per heavy atom. The predicted octanol–water partition coefficient (Wildman–Crippen LogP) is 3.90. The van der Waals surface area contributed by atoms with Gasteiger partial charge in [-0.05, 0) is 50.1 Å². The molecule has 0 saturated carbocycles. The summed E-state index contributed by atoms with van der Waals surface area (Å²) < 4.78 is 19.4. The quantitative estimate of drug-likeness (QED) is 0.306. The van der Waals surface area contributed by atoms with Crippen LogP contribution in [0, 0.1) is 12.7 Å². The number of halogens is 2. The highest BCUT2D eigenvalue weighted by Crippen LogP contribution is 2.21. The van der Waals surface area contributed by atoms with Crippen molar-refractivity contribution in [2.75, 3.05) is 7.05 Å². The molecular weight excluding hydrogens is 472 g/mol. The Kier molecular flexibility index (Phi) is 10.2. The molecule has 0 amide bonds. The molecule has 2 aromatic rings. The number of rotatable bonds is 7. The van der Waals surface area contributed by atoms with Crippen LogP contribution >= 0.6 is 24.0 Å². The Bertz CT molecular complexity index is 797. The number of benzene rings is 2. The normalized spacial score (nSPS) is 11.2. The fourth-order valence-corrected chi connectivity index (χ4v) is 2.62. The second kappa shape index (κ2) is 11.9. The van der Waals surface area contributed by atoms with Crippen LogP contribution in [0.15, 0.2) is 41.4 Å². The minimum atomic E-state index is -0.402. The second-order valence-corrected chi connectivity index (χ2v) is 6.64. The Morgan fingerprint density at radius 3 is 2.46 bits per heavy atom. The van der Waals surface area contributed by atoms with E-state index < -0.39 is 5.82 Å². The topological polar surface area (TPSA) is 65.9 Å². The monoisotopic (exact) mass is 501 g/mol. The Hall–Kier alpha value is -1.87. The number of nitrogens with zero attached hydrogens (tertiary/aromatic N) is 1. The molecule has 0 fully saturated rings. The van der Waals surface area contributed by atoms with Crippen molar-refractivity contribution in [2.45, 2.75) is 46.6 Å². The maximum atomic E-state index is 13.5. The van der Waals surface area contributed by atoms with Crippen molar-refractivity contribution in [1.82, 2.24) is 10.6 Å². The van der Waals surface area contributed by atoms with E-state index in [2.05, 4.69) is 21.7 Å². The molecule has 0 saturated heterocycles. The van der Waals surface area contributed by atoms with E-state index >= 15 is 0 Å². The van der Waals surface area contributed by atoms with E-state index in [4.69, 9.17) is 4.74 Å². The summed E-state index contributed by atoms with van der Waals surface area (Å²) in [7, 11) is 1.69. The van der Waals surface area contributed by atoms with Crippen LogP contribution in [-0.2, 0) is 19.7 Å². The lowest BCUT2D eigenvalue weighted by atomic mass is 10.1. The van der Waals surface area contributed by atoms with Crippen molar-refractivity contribution in [3.05, 3.63) is 64.5 Å². The molecule has 0 radical (unpaired) electrons. The van der Waals surface area contributed by atoms with Gasteiger partial charge in [-0.3, -0.25) is 4.99 Å². The molecule has 28 heavy (non-hydrogen) atoms. The summed E-state index contributed by atoms with van der Waals surface area (Å²) in [5.74, 6) is 1.08. The molecule has 0 aromatic heterocycles. The van der Waals surface area contributed by atoms with Crippen LogP contribution in [0.1, 0.15) is 36.1 Å². The highest BCUT2D eigenvalue weighted by Gasteiger charge is 2.08. The van der Waals surface area contributed by atoms with E-state index in [0.29, 0.717) is 19.0 Å². The molecule has 0 aliphatic rings. The molecule has 2 rings (SSSR count). The van der Waals surface area contributed by atoms with Gasteiger partial charge in [-0.1, -0.05) is 18.2 Å². The van der Waals surface area contributed by atoms with Crippen LogP contribution in [0.4, 0.5) is 4.39 Å². The number of guanidine groups is 1. The molecule has 0 aliphatic heterocycles. The molecule has 0 bridgehead atoms. The maximum absolute atomic E-state index is 13.5. The van der Waals surface area contributed by atoms with Crippen LogP contribution in [0.3, 0.4) is 0 Å². The third kappa shape index (κ3) is 7.27. The summed E-state index contributed by atoms with van der Waals surface area (Å²) >= 11 is 0. The molecule has 2 aromatic carbocycles. The summed E-state index contributed by atoms with van der Waals surface area (Å²) in [4.78, 5) is 4.22. The van der Waals surface area contributed by atoms with E-state index in [-0.39, 0.29) is 42.3 Å². The predicted molar refractivity (Wildman–Crippen MR) is 122 cm³/mol. The van der Waals surface area contributed by atoms with E-state index in [1.165, 1.54) is 6.07 Å². The van der Waals surface area contributed by atoms with E-state index in [1.807, 2.05) is 32.9 Å². The molecule has 7 heteroatoms. The van der Waals surface area contributed by atoms with Gasteiger partial charge in [-0.25, -0.2) is 4.39 Å². The minimum Gasteiger partial charge on any atom is -0.491 e. The number of aliphatic imine (C=N–C) groups is 1. The van der Waals surface area contributed by atoms with Crippen molar-refractivity contribution < 1.29 is 14.2 Å². The molecule has 0 spiro atoms. The number of nitrogens with one attached hydrogen (secondary N) is 2. The van der Waals surface area contributed by atoms with Crippen LogP contribution in [0.5, 0.6) is 5.75 Å². The standard InChI is InChI=1S/C21H28FN3O2.HI/c1-14(2)27-20-9-15(3)5-7-17(20)12-25-21(23-4)24-11-16-6-8-19(22)18(10-16)13-26;/h5-10,14,26H,11-13H2,1-4H3,(H2,23,24,25);1H. The van der Waals surface area contributed by atoms with Crippen molar-refractivity contribution in [3.63, 3.8) is 0 Å². The summed E-state index contributed by atoms with van der Waals surface area (Å²) in [6, 6.07) is 10.8. The number of aliphatic hydroxyl groups excluding tert-OH is 1. The summed E-state index contributed by atoms with van der Waals surface area (Å²) in [6.45, 7) is 6.75. The van der Waals surface area contributed by atoms with Gasteiger partial charge in [0.25, 0.3) is 0 Å². The van der Waals surface area contributed by atoms with Crippen molar-refractivity contribution in [2.24, 2.45) is 4.99 Å². The maximum Gasteiger partial charge on any atom is 0.191 e. The summed E-state index contributed by atoms with van der Waals surface area (Å²) in [5.41, 5.74) is 3.34. The molecule has 0 aliphatic carbocycles. The summed E-state index contributed by atoms with van der Waals surface area (Å²) in [6.07, 6.45) is 0.0992. The first-order chi connectivity index (χ1) is 12.9. The molecule has 0 atom stereocenters. The lowest BCUT2D eigenvalue weighted by molar-refractivity contribution is 0.239. The third-order valence-electron chi connectivity index (χ3n) is 4.00. The average molecular weight is 501 g/mol. The van der Waals surface area contributed by atoms with Gasteiger partial charge in [0.1, 0.15) is 11.6 Å². The second-order valence-electron chi connectivity index (χ2n) is 6.64. The van der Waals surface area contributed by atoms with Gasteiger partial charge in [-0.15, -0.1) is 24.0 Å². The smallest absolute Gasteiger partial charge is 0.191 e. The van der Waals surface area contributed by atoms with Crippen molar-refractivity contribution >= 4 is 29.9 Å². The first kappa shape index (κ1) is 24.2. The SMILES string of the molecule is CN=C(NCc1ccc(F)c(CO)c1)NCc1ccc(C)cc1OC(C)C.I. The average Bonchev–Trinajstić information content (AvgIpc) is 2.64. The van der Waals surface area contributed by atoms with Gasteiger partial charge in [0.2, 0.25) is 0 Å². The fourth-order valence-electron chi connectivity index (χ4n) is 2.62. The third-order valence-corrected chi connectivity index (χ3v) is 4.00. The van der Waals surface area contributed by atoms with Crippen LogP contribution in [0.25, 0.3) is 0 Å². The van der Waals surface area contributed by atoms with Gasteiger partial charge < -0.3 is 20.5 Å². The minimum absolute atomic E-state index is 0. The van der Waals surface area contributed by atoms with Crippen LogP contribution in [0.2, 0.25) is 0 Å². The highest BCUT2D eigenvalue weighted by molar-refractivity contribution is 14.0. The molecular formula is C21H29FIN3O2. The zero-order valence-corrected chi connectivity index (χ0v) is 19.1. The Morgan fingerprint density at radius 2 is 1.82 bits per heavy atom. The zero-order valence-electron chi connectivity index (χ0n) is 16.8. The largest absolute Gasteiger partial charge is 0.491 e. The fraction of sp³-hybridized carbons (Fsp3) is 0.381. The zero-order chi connectivity index (χ0) is 19.8. The number of aliphatic hydroxyl groups is 1. The van der Waals surface area contributed by atoms with E-state index in [1.54, 1.807) is 19.2 Å². The van der Waals surface area contributed by atoms with E-state index in [0.717, 1.165) is 22.4 Å². The first-order valence-electron chi connectivity index (χ1n) is 9.01. The lowest BCUT2D eigenvalue weighted by Crippen LogP contribution is -2.36. The highest BCUT2D eigenvalue weighted by atomic mass is 127. The van der Waals surface area contributed by atoms with Crippen molar-refractivity contribution in [1.29, 1.82) is 0 Å². The van der Waals surface area contributed by atoms with Gasteiger partial charge in [-0.2, -0.15) is 0 Å². The van der Waals surface area contributed by atoms with Gasteiger partial charge in [0, 0.05) is 31.3 Å². The molecule has 3 N–H and O–H groups in total. The summed E-state index contributed by atoms with van der Waals surface area (Å²) in [5, 5.41) is 15.6. The van der Waals surface area contributed by atoms with Crippen molar-refractivity contribution in [3.8, 4) is 5.75 Å². The van der Waals surface area contributed by atoms with Crippen LogP contribution in [-0.4, -0.2) is 24.2 Å². The van der Waals surface area contributed by atoms with Gasteiger partial charge >= 0.3 is 0 Å². The Labute approximate surface area is 183 Å². The van der Waals surface area contributed by atoms with E-state index in [9.17, 15) is 9.50 Å². The van der Waals surface area contributed by atoms with Gasteiger partial charge in [0.15, 0.2) is 5.96 Å². The number of hydrogen-bond donors (Lipinski definition) is 3. The number of aryl methyl sites for hydroxylation is 1. The molecule has 154 valence electrons. The van der Waals surface area contributed by atoms with Crippen LogP contribution < -0.4 is 15.4 Å². The molecule has 0 unspecified atom stereocenters.